The minimum Gasteiger partial charge on any atom is -0.504 e. The number of phenolic OH excluding ortho intramolecular Hbond substituents is 1. The van der Waals surface area contributed by atoms with Crippen molar-refractivity contribution in [3.8, 4) is 11.5 Å². The number of thiocarbonyl (C=S) groups is 1. The van der Waals surface area contributed by atoms with Gasteiger partial charge >= 0.3 is 5.97 Å². The number of phenols is 1. The second-order valence-electron chi connectivity index (χ2n) is 5.86. The zero-order valence-electron chi connectivity index (χ0n) is 15.1. The zero-order chi connectivity index (χ0) is 20.7. The summed E-state index contributed by atoms with van der Waals surface area (Å²) in [6.07, 6.45) is 2.05. The van der Waals surface area contributed by atoms with Crippen molar-refractivity contribution in [2.75, 3.05) is 20.2 Å². The number of hydrogen-bond donors (Lipinski definition) is 3. The van der Waals surface area contributed by atoms with Crippen LogP contribution in [0, 0.1) is 0 Å². The van der Waals surface area contributed by atoms with Crippen LogP contribution in [0.25, 0.3) is 6.08 Å². The Kier molecular flexibility index (Phi) is 7.82. The first-order chi connectivity index (χ1) is 13.3. The first-order valence-corrected chi connectivity index (χ1v) is 9.65. The standard InChI is InChI=1S/C18H20N2O6S2/c1-26-13-9-11(4-5-12(13)21)10-14-17(25)20(18(27)28-14)8-6-15(22)19-7-2-3-16(23)24/h4-5,9-10,21H,2-3,6-8H2,1H3,(H,19,22)(H,23,24)/b14-10-. The summed E-state index contributed by atoms with van der Waals surface area (Å²) in [7, 11) is 1.44. The average Bonchev–Trinajstić information content (AvgIpc) is 2.91. The molecule has 0 radical (unpaired) electrons. The number of rotatable bonds is 9. The fourth-order valence-corrected chi connectivity index (χ4v) is 3.71. The minimum atomic E-state index is -0.912. The van der Waals surface area contributed by atoms with Crippen molar-refractivity contribution in [1.82, 2.24) is 10.2 Å². The summed E-state index contributed by atoms with van der Waals surface area (Å²) in [6.45, 7) is 0.414. The monoisotopic (exact) mass is 424 g/mol. The molecule has 0 saturated carbocycles. The van der Waals surface area contributed by atoms with Gasteiger partial charge in [0.15, 0.2) is 11.5 Å². The van der Waals surface area contributed by atoms with Crippen LogP contribution in [0.15, 0.2) is 23.1 Å². The molecule has 150 valence electrons. The maximum atomic E-state index is 12.6. The Labute approximate surface area is 171 Å². The molecule has 0 bridgehead atoms. The predicted molar refractivity (Wildman–Crippen MR) is 109 cm³/mol. The van der Waals surface area contributed by atoms with Crippen LogP contribution in [0.2, 0.25) is 0 Å². The topological polar surface area (TPSA) is 116 Å². The van der Waals surface area contributed by atoms with E-state index in [1.807, 2.05) is 0 Å². The van der Waals surface area contributed by atoms with Crippen LogP contribution in [0.4, 0.5) is 0 Å². The lowest BCUT2D eigenvalue weighted by atomic mass is 10.2. The molecule has 8 nitrogen and oxygen atoms in total. The van der Waals surface area contributed by atoms with Crippen LogP contribution in [0.3, 0.4) is 0 Å². The van der Waals surface area contributed by atoms with E-state index in [9.17, 15) is 19.5 Å². The number of carboxylic acids is 1. The lowest BCUT2D eigenvalue weighted by molar-refractivity contribution is -0.137. The lowest BCUT2D eigenvalue weighted by Crippen LogP contribution is -2.33. The van der Waals surface area contributed by atoms with Gasteiger partial charge in [-0.1, -0.05) is 30.0 Å². The van der Waals surface area contributed by atoms with Crippen molar-refractivity contribution in [1.29, 1.82) is 0 Å². The van der Waals surface area contributed by atoms with Crippen LogP contribution >= 0.6 is 24.0 Å². The molecule has 1 aromatic rings. The van der Waals surface area contributed by atoms with Crippen molar-refractivity contribution in [2.45, 2.75) is 19.3 Å². The van der Waals surface area contributed by atoms with Gasteiger partial charge in [0.25, 0.3) is 5.91 Å². The molecular weight excluding hydrogens is 404 g/mol. The van der Waals surface area contributed by atoms with E-state index in [0.717, 1.165) is 11.8 Å². The Morgan fingerprint density at radius 3 is 2.79 bits per heavy atom. The molecule has 0 aromatic heterocycles. The van der Waals surface area contributed by atoms with Crippen molar-refractivity contribution >= 4 is 52.2 Å². The largest absolute Gasteiger partial charge is 0.504 e. The summed E-state index contributed by atoms with van der Waals surface area (Å²) in [6, 6.07) is 4.72. The molecule has 0 unspecified atom stereocenters. The van der Waals surface area contributed by atoms with E-state index in [2.05, 4.69) is 5.32 Å². The molecule has 1 aromatic carbocycles. The van der Waals surface area contributed by atoms with Gasteiger partial charge in [0.1, 0.15) is 4.32 Å². The van der Waals surface area contributed by atoms with Crippen LogP contribution in [-0.4, -0.2) is 57.4 Å². The minimum absolute atomic E-state index is 0.00145. The summed E-state index contributed by atoms with van der Waals surface area (Å²) in [5.41, 5.74) is 0.673. The molecule has 1 heterocycles. The fourth-order valence-electron chi connectivity index (χ4n) is 2.40. The van der Waals surface area contributed by atoms with Crippen molar-refractivity contribution in [3.63, 3.8) is 0 Å². The molecule has 1 aliphatic rings. The third kappa shape index (κ3) is 5.96. The molecule has 10 heteroatoms. The second-order valence-corrected chi connectivity index (χ2v) is 7.54. The number of thioether (sulfide) groups is 1. The molecule has 1 saturated heterocycles. The Morgan fingerprint density at radius 1 is 1.36 bits per heavy atom. The Balaban J connectivity index is 1.92. The number of aliphatic carboxylic acids is 1. The Bertz CT molecular complexity index is 824. The van der Waals surface area contributed by atoms with Crippen molar-refractivity contribution in [3.05, 3.63) is 28.7 Å². The van der Waals surface area contributed by atoms with E-state index in [0.29, 0.717) is 27.0 Å². The van der Waals surface area contributed by atoms with E-state index >= 15 is 0 Å². The third-order valence-corrected chi connectivity index (χ3v) is 5.20. The van der Waals surface area contributed by atoms with Gasteiger partial charge in [0.05, 0.1) is 12.0 Å². The number of hydrogen-bond acceptors (Lipinski definition) is 7. The number of carboxylic acid groups (broad SMARTS) is 1. The Morgan fingerprint density at radius 2 is 2.11 bits per heavy atom. The molecule has 0 aliphatic carbocycles. The number of amides is 2. The van der Waals surface area contributed by atoms with Gasteiger partial charge < -0.3 is 20.3 Å². The molecule has 0 atom stereocenters. The predicted octanol–water partition coefficient (Wildman–Crippen LogP) is 1.97. The van der Waals surface area contributed by atoms with Crippen LogP contribution in [0.1, 0.15) is 24.8 Å². The number of benzene rings is 1. The molecule has 1 aliphatic heterocycles. The molecule has 3 N–H and O–H groups in total. The summed E-state index contributed by atoms with van der Waals surface area (Å²) in [5, 5.41) is 20.8. The molecule has 2 rings (SSSR count). The third-order valence-electron chi connectivity index (χ3n) is 3.83. The zero-order valence-corrected chi connectivity index (χ0v) is 16.8. The van der Waals surface area contributed by atoms with Gasteiger partial charge in [-0.15, -0.1) is 0 Å². The maximum absolute atomic E-state index is 12.6. The van der Waals surface area contributed by atoms with Gasteiger partial charge in [0, 0.05) is 25.9 Å². The number of methoxy groups -OCH3 is 1. The highest BCUT2D eigenvalue weighted by molar-refractivity contribution is 8.26. The second kappa shape index (κ2) is 10.1. The van der Waals surface area contributed by atoms with E-state index in [1.54, 1.807) is 18.2 Å². The first kappa shape index (κ1) is 21.7. The number of nitrogens with zero attached hydrogens (tertiary/aromatic N) is 1. The van der Waals surface area contributed by atoms with Gasteiger partial charge in [-0.2, -0.15) is 0 Å². The molecular formula is C18H20N2O6S2. The van der Waals surface area contributed by atoms with Gasteiger partial charge in [-0.25, -0.2) is 0 Å². The normalized spacial score (nSPS) is 15.2. The lowest BCUT2D eigenvalue weighted by Gasteiger charge is -2.14. The highest BCUT2D eigenvalue weighted by atomic mass is 32.2. The quantitative estimate of drug-likeness (QED) is 0.313. The number of carbonyl (C=O) groups excluding carboxylic acids is 2. The van der Waals surface area contributed by atoms with E-state index < -0.39 is 5.97 Å². The summed E-state index contributed by atoms with van der Waals surface area (Å²) in [4.78, 5) is 36.6. The molecule has 1 fully saturated rings. The van der Waals surface area contributed by atoms with Gasteiger partial charge in [-0.3, -0.25) is 19.3 Å². The summed E-state index contributed by atoms with van der Waals surface area (Å²) < 4.78 is 5.42. The van der Waals surface area contributed by atoms with Crippen LogP contribution in [-0.2, 0) is 14.4 Å². The maximum Gasteiger partial charge on any atom is 0.303 e. The highest BCUT2D eigenvalue weighted by Crippen LogP contribution is 2.34. The summed E-state index contributed by atoms with van der Waals surface area (Å²) in [5.74, 6) is -1.18. The number of carbonyl (C=O) groups is 3. The molecule has 2 amide bonds. The average molecular weight is 425 g/mol. The van der Waals surface area contributed by atoms with Gasteiger partial charge in [-0.05, 0) is 30.2 Å². The first-order valence-electron chi connectivity index (χ1n) is 8.42. The van der Waals surface area contributed by atoms with Gasteiger partial charge in [0.2, 0.25) is 5.91 Å². The summed E-state index contributed by atoms with van der Waals surface area (Å²) >= 11 is 6.37. The Hall–Kier alpha value is -2.59. The van der Waals surface area contributed by atoms with Crippen LogP contribution < -0.4 is 10.1 Å². The van der Waals surface area contributed by atoms with E-state index in [4.69, 9.17) is 22.1 Å². The van der Waals surface area contributed by atoms with Crippen molar-refractivity contribution < 1.29 is 29.3 Å². The number of aromatic hydroxyl groups is 1. The highest BCUT2D eigenvalue weighted by Gasteiger charge is 2.32. The number of nitrogens with one attached hydrogen (secondary N) is 1. The van der Waals surface area contributed by atoms with E-state index in [1.165, 1.54) is 18.1 Å². The number of ether oxygens (including phenoxy) is 1. The molecule has 0 spiro atoms. The van der Waals surface area contributed by atoms with Crippen molar-refractivity contribution in [2.24, 2.45) is 0 Å². The smallest absolute Gasteiger partial charge is 0.303 e. The SMILES string of the molecule is COc1cc(/C=C2\SC(=S)N(CCC(=O)NCCCC(=O)O)C2=O)ccc1O. The van der Waals surface area contributed by atoms with Crippen LogP contribution in [0.5, 0.6) is 11.5 Å². The molecule has 28 heavy (non-hydrogen) atoms. The fraction of sp³-hybridized carbons (Fsp3) is 0.333. The van der Waals surface area contributed by atoms with E-state index in [-0.39, 0.29) is 43.5 Å².